The van der Waals surface area contributed by atoms with Gasteiger partial charge < -0.3 is 32.1 Å². The lowest BCUT2D eigenvalue weighted by molar-refractivity contribution is -0.909. The van der Waals surface area contributed by atoms with Crippen LogP contribution in [-0.4, -0.2) is 55.4 Å². The van der Waals surface area contributed by atoms with E-state index in [1.165, 1.54) is 6.07 Å². The maximum Gasteiger partial charge on any atom is 0.279 e. The van der Waals surface area contributed by atoms with Crippen molar-refractivity contribution in [1.82, 2.24) is 0 Å². The molecule has 1 fully saturated rings. The average Bonchev–Trinajstić information content (AvgIpc) is 2.28. The van der Waals surface area contributed by atoms with Gasteiger partial charge in [0.15, 0.2) is 6.54 Å². The van der Waals surface area contributed by atoms with Gasteiger partial charge in [-0.1, -0.05) is 6.07 Å². The standard InChI is InChI=1S/C13H18N2O3.ClH/c1-15(5-7-18-8-6-15)10-13(17)14-11-3-2-4-12(16)9-11;/h2-4,9H,5-8,10H2,1H3,(H-,14,16,17);1H. The molecular formula is C13H19ClN2O3. The van der Waals surface area contributed by atoms with Crippen LogP contribution in [-0.2, 0) is 9.53 Å². The maximum absolute atomic E-state index is 11.9. The van der Waals surface area contributed by atoms with E-state index in [-0.39, 0.29) is 24.1 Å². The highest BCUT2D eigenvalue weighted by Gasteiger charge is 2.28. The largest absolute Gasteiger partial charge is 1.00 e. The van der Waals surface area contributed by atoms with E-state index in [4.69, 9.17) is 4.74 Å². The van der Waals surface area contributed by atoms with E-state index >= 15 is 0 Å². The van der Waals surface area contributed by atoms with Crippen LogP contribution in [0.4, 0.5) is 5.69 Å². The van der Waals surface area contributed by atoms with Gasteiger partial charge in [0.2, 0.25) is 0 Å². The number of phenols is 1. The Hall–Kier alpha value is -1.30. The Bertz CT molecular complexity index is 434. The number of nitrogens with one attached hydrogen (secondary N) is 1. The molecular weight excluding hydrogens is 268 g/mol. The lowest BCUT2D eigenvalue weighted by Crippen LogP contribution is -3.00. The van der Waals surface area contributed by atoms with Gasteiger partial charge in [-0.05, 0) is 12.1 Å². The van der Waals surface area contributed by atoms with Crippen LogP contribution in [0.1, 0.15) is 0 Å². The monoisotopic (exact) mass is 286 g/mol. The van der Waals surface area contributed by atoms with Crippen LogP contribution < -0.4 is 17.7 Å². The van der Waals surface area contributed by atoms with Gasteiger partial charge in [0, 0.05) is 11.8 Å². The van der Waals surface area contributed by atoms with Gasteiger partial charge in [-0.15, -0.1) is 0 Å². The highest BCUT2D eigenvalue weighted by Crippen LogP contribution is 2.16. The molecule has 5 nitrogen and oxygen atoms in total. The molecule has 0 saturated carbocycles. The molecule has 0 aliphatic carbocycles. The quantitative estimate of drug-likeness (QED) is 0.621. The normalized spacial score (nSPS) is 17.3. The summed E-state index contributed by atoms with van der Waals surface area (Å²) in [4.78, 5) is 11.9. The van der Waals surface area contributed by atoms with Crippen LogP contribution in [0.5, 0.6) is 5.75 Å². The van der Waals surface area contributed by atoms with Crippen molar-refractivity contribution >= 4 is 11.6 Å². The summed E-state index contributed by atoms with van der Waals surface area (Å²) in [6.07, 6.45) is 0. The summed E-state index contributed by atoms with van der Waals surface area (Å²) < 4.78 is 6.00. The van der Waals surface area contributed by atoms with Crippen LogP contribution in [0.2, 0.25) is 0 Å². The molecule has 0 bridgehead atoms. The number of amides is 1. The zero-order valence-corrected chi connectivity index (χ0v) is 11.7. The van der Waals surface area contributed by atoms with Gasteiger partial charge in [-0.2, -0.15) is 0 Å². The Labute approximate surface area is 119 Å². The first-order valence-corrected chi connectivity index (χ1v) is 6.08. The Morgan fingerprint density at radius 1 is 1.42 bits per heavy atom. The zero-order valence-electron chi connectivity index (χ0n) is 10.9. The zero-order chi connectivity index (χ0) is 13.0. The average molecular weight is 287 g/mol. The number of carbonyl (C=O) groups is 1. The number of halogens is 1. The summed E-state index contributed by atoms with van der Waals surface area (Å²) in [5, 5.41) is 12.1. The van der Waals surface area contributed by atoms with Crippen molar-refractivity contribution in [3.05, 3.63) is 24.3 Å². The van der Waals surface area contributed by atoms with Crippen LogP contribution in [0.25, 0.3) is 0 Å². The third-order valence-electron chi connectivity index (χ3n) is 3.21. The minimum Gasteiger partial charge on any atom is -1.00 e. The molecule has 0 unspecified atom stereocenters. The molecule has 1 saturated heterocycles. The number of benzene rings is 1. The smallest absolute Gasteiger partial charge is 0.279 e. The van der Waals surface area contributed by atoms with Crippen molar-refractivity contribution in [3.63, 3.8) is 0 Å². The Morgan fingerprint density at radius 2 is 2.11 bits per heavy atom. The minimum atomic E-state index is -0.0370. The molecule has 19 heavy (non-hydrogen) atoms. The number of hydrogen-bond acceptors (Lipinski definition) is 3. The van der Waals surface area contributed by atoms with Gasteiger partial charge >= 0.3 is 0 Å². The molecule has 1 aromatic rings. The molecule has 0 radical (unpaired) electrons. The highest BCUT2D eigenvalue weighted by atomic mass is 35.5. The van der Waals surface area contributed by atoms with Crippen molar-refractivity contribution in [2.45, 2.75) is 0 Å². The van der Waals surface area contributed by atoms with Crippen LogP contribution in [0.15, 0.2) is 24.3 Å². The summed E-state index contributed by atoms with van der Waals surface area (Å²) in [5.74, 6) is 0.115. The number of nitrogens with zero attached hydrogens (tertiary/aromatic N) is 1. The summed E-state index contributed by atoms with van der Waals surface area (Å²) in [6, 6.07) is 6.58. The van der Waals surface area contributed by atoms with E-state index in [0.29, 0.717) is 29.9 Å². The topological polar surface area (TPSA) is 58.6 Å². The first-order chi connectivity index (χ1) is 8.57. The predicted molar refractivity (Wildman–Crippen MR) is 68.3 cm³/mol. The number of likely N-dealkylation sites (N-methyl/N-ethyl adjacent to an activating group) is 1. The van der Waals surface area contributed by atoms with Gasteiger partial charge in [0.1, 0.15) is 18.8 Å². The predicted octanol–water partition coefficient (Wildman–Crippen LogP) is -2.19. The van der Waals surface area contributed by atoms with Gasteiger partial charge in [-0.25, -0.2) is 0 Å². The van der Waals surface area contributed by atoms with E-state index in [2.05, 4.69) is 12.4 Å². The number of phenolic OH excluding ortho intramolecular Hbond substituents is 1. The molecule has 0 atom stereocenters. The second-order valence-corrected chi connectivity index (χ2v) is 4.94. The third-order valence-corrected chi connectivity index (χ3v) is 3.21. The van der Waals surface area contributed by atoms with Gasteiger partial charge in [0.05, 0.1) is 20.3 Å². The first kappa shape index (κ1) is 15.8. The van der Waals surface area contributed by atoms with E-state index in [1.54, 1.807) is 18.2 Å². The summed E-state index contributed by atoms with van der Waals surface area (Å²) in [6.45, 7) is 3.55. The first-order valence-electron chi connectivity index (χ1n) is 6.08. The Balaban J connectivity index is 0.00000180. The third kappa shape index (κ3) is 4.70. The number of rotatable bonds is 3. The summed E-state index contributed by atoms with van der Waals surface area (Å²) in [5.41, 5.74) is 0.625. The maximum atomic E-state index is 11.9. The fourth-order valence-electron chi connectivity index (χ4n) is 2.07. The number of carbonyl (C=O) groups excluding carboxylic acids is 1. The number of aromatic hydroxyl groups is 1. The van der Waals surface area contributed by atoms with Crippen molar-refractivity contribution < 1.29 is 31.5 Å². The van der Waals surface area contributed by atoms with Crippen LogP contribution in [0, 0.1) is 0 Å². The minimum absolute atomic E-state index is 0. The number of morpholine rings is 1. The van der Waals surface area contributed by atoms with Crippen molar-refractivity contribution in [1.29, 1.82) is 0 Å². The van der Waals surface area contributed by atoms with Crippen LogP contribution in [0.3, 0.4) is 0 Å². The summed E-state index contributed by atoms with van der Waals surface area (Å²) in [7, 11) is 2.06. The lowest BCUT2D eigenvalue weighted by Gasteiger charge is -2.36. The van der Waals surface area contributed by atoms with E-state index in [0.717, 1.165) is 13.1 Å². The summed E-state index contributed by atoms with van der Waals surface area (Å²) >= 11 is 0. The number of hydrogen-bond donors (Lipinski definition) is 2. The lowest BCUT2D eigenvalue weighted by atomic mass is 10.3. The molecule has 106 valence electrons. The van der Waals surface area contributed by atoms with E-state index in [9.17, 15) is 9.90 Å². The van der Waals surface area contributed by atoms with Crippen molar-refractivity contribution in [2.75, 3.05) is 45.2 Å². The molecule has 1 aliphatic heterocycles. The fraction of sp³-hybridized carbons (Fsp3) is 0.462. The Morgan fingerprint density at radius 3 is 2.74 bits per heavy atom. The van der Waals surface area contributed by atoms with Gasteiger partial charge in [-0.3, -0.25) is 4.79 Å². The highest BCUT2D eigenvalue weighted by molar-refractivity contribution is 5.91. The van der Waals surface area contributed by atoms with E-state index in [1.807, 2.05) is 0 Å². The molecule has 1 heterocycles. The Kier molecular flexibility index (Phi) is 5.60. The number of ether oxygens (including phenoxy) is 1. The van der Waals surface area contributed by atoms with E-state index < -0.39 is 0 Å². The molecule has 1 aromatic carbocycles. The fourth-order valence-corrected chi connectivity index (χ4v) is 2.07. The molecule has 2 N–H and O–H groups in total. The molecule has 1 amide bonds. The second-order valence-electron chi connectivity index (χ2n) is 4.94. The van der Waals surface area contributed by atoms with Crippen molar-refractivity contribution in [2.24, 2.45) is 0 Å². The molecule has 6 heteroatoms. The SMILES string of the molecule is C[N+]1(CC(=O)Nc2cccc(O)c2)CCOCC1.[Cl-]. The number of anilines is 1. The molecule has 0 spiro atoms. The molecule has 2 rings (SSSR count). The molecule has 0 aromatic heterocycles. The van der Waals surface area contributed by atoms with Crippen LogP contribution >= 0.6 is 0 Å². The second kappa shape index (κ2) is 6.75. The van der Waals surface area contributed by atoms with Crippen molar-refractivity contribution in [3.8, 4) is 5.75 Å². The number of quaternary nitrogens is 1. The van der Waals surface area contributed by atoms with Gasteiger partial charge in [0.25, 0.3) is 5.91 Å². The molecule has 1 aliphatic rings.